The lowest BCUT2D eigenvalue weighted by Gasteiger charge is -2.46. The molecule has 2 aliphatic heterocycles. The lowest BCUT2D eigenvalue weighted by Crippen LogP contribution is -2.62. The van der Waals surface area contributed by atoms with E-state index >= 15 is 0 Å². The van der Waals surface area contributed by atoms with Crippen LogP contribution < -0.4 is 4.74 Å². The Labute approximate surface area is 133 Å². The molecule has 0 aromatic carbocycles. The van der Waals surface area contributed by atoms with E-state index in [4.69, 9.17) is 4.74 Å². The van der Waals surface area contributed by atoms with E-state index in [2.05, 4.69) is 4.98 Å². The molecule has 3 rings (SSSR count). The quantitative estimate of drug-likeness (QED) is 0.812. The number of ether oxygens (including phenoxy) is 1. The smallest absolute Gasteiger partial charge is 0.281 e. The van der Waals surface area contributed by atoms with Gasteiger partial charge in [0.1, 0.15) is 6.10 Å². The molecule has 2 aliphatic rings. The lowest BCUT2D eigenvalue weighted by atomic mass is 9.95. The first kappa shape index (κ1) is 16.0. The summed E-state index contributed by atoms with van der Waals surface area (Å²) in [6.07, 6.45) is 2.05. The highest BCUT2D eigenvalue weighted by atomic mass is 32.2. The van der Waals surface area contributed by atoms with Crippen molar-refractivity contribution in [1.82, 2.24) is 13.6 Å². The first-order valence-corrected chi connectivity index (χ1v) is 9.29. The Balaban J connectivity index is 1.59. The predicted octanol–water partition coefficient (Wildman–Crippen LogP) is 0.966. The molecule has 0 radical (unpaired) electrons. The molecule has 0 N–H and O–H groups in total. The second-order valence-corrected chi connectivity index (χ2v) is 9.42. The van der Waals surface area contributed by atoms with Crippen molar-refractivity contribution in [3.8, 4) is 5.88 Å². The summed E-state index contributed by atoms with van der Waals surface area (Å²) in [4.78, 5) is 3.89. The van der Waals surface area contributed by atoms with E-state index in [1.807, 2.05) is 0 Å². The maximum Gasteiger partial charge on any atom is 0.281 e. The summed E-state index contributed by atoms with van der Waals surface area (Å²) < 4.78 is 45.8. The Bertz CT molecular complexity index is 662. The molecule has 1 atom stereocenters. The van der Waals surface area contributed by atoms with E-state index in [0.717, 1.165) is 0 Å². The lowest BCUT2D eigenvalue weighted by molar-refractivity contribution is 0.147. The van der Waals surface area contributed by atoms with Gasteiger partial charge in [0.15, 0.2) is 5.82 Å². The van der Waals surface area contributed by atoms with Crippen LogP contribution in [0.4, 0.5) is 4.39 Å². The van der Waals surface area contributed by atoms with Gasteiger partial charge in [-0.1, -0.05) is 0 Å². The molecule has 0 unspecified atom stereocenters. The van der Waals surface area contributed by atoms with Gasteiger partial charge in [0.2, 0.25) is 0 Å². The summed E-state index contributed by atoms with van der Waals surface area (Å²) in [5.41, 5.74) is 0. The van der Waals surface area contributed by atoms with Gasteiger partial charge < -0.3 is 4.74 Å². The molecule has 0 saturated carbocycles. The zero-order valence-corrected chi connectivity index (χ0v) is 14.0. The summed E-state index contributed by atoms with van der Waals surface area (Å²) in [6, 6.07) is 2.83. The third-order valence-electron chi connectivity index (χ3n) is 3.89. The number of hydrogen-bond donors (Lipinski definition) is 0. The number of hydrogen-bond acceptors (Lipinski definition) is 5. The first-order chi connectivity index (χ1) is 10.3. The van der Waals surface area contributed by atoms with Crippen molar-refractivity contribution in [3.05, 3.63) is 24.1 Å². The van der Waals surface area contributed by atoms with Gasteiger partial charge in [-0.2, -0.15) is 17.0 Å². The zero-order valence-electron chi connectivity index (χ0n) is 12.4. The first-order valence-electron chi connectivity index (χ1n) is 6.91. The van der Waals surface area contributed by atoms with E-state index in [-0.39, 0.29) is 16.7 Å². The van der Waals surface area contributed by atoms with Crippen molar-refractivity contribution in [3.63, 3.8) is 0 Å². The number of pyridine rings is 1. The Hall–Kier alpha value is -0.900. The highest BCUT2D eigenvalue weighted by Crippen LogP contribution is 2.47. The monoisotopic (exact) mass is 347 g/mol. The normalized spacial score (nSPS) is 24.6. The molecule has 1 aromatic rings. The molecule has 1 aromatic heterocycles. The van der Waals surface area contributed by atoms with Crippen LogP contribution in [0.1, 0.15) is 6.42 Å². The highest BCUT2D eigenvalue weighted by molar-refractivity contribution is 8.01. The third kappa shape index (κ3) is 2.82. The fourth-order valence-electron chi connectivity index (χ4n) is 2.70. The van der Waals surface area contributed by atoms with Crippen LogP contribution in [0.5, 0.6) is 5.88 Å². The molecule has 22 heavy (non-hydrogen) atoms. The van der Waals surface area contributed by atoms with Gasteiger partial charge in [-0.05, 0) is 12.1 Å². The number of rotatable bonds is 4. The van der Waals surface area contributed by atoms with Crippen LogP contribution in [0, 0.1) is 5.82 Å². The zero-order chi connectivity index (χ0) is 16.0. The van der Waals surface area contributed by atoms with Gasteiger partial charge in [0, 0.05) is 50.3 Å². The fraction of sp³-hybridized carbons (Fsp3) is 0.615. The average molecular weight is 347 g/mol. The van der Waals surface area contributed by atoms with Gasteiger partial charge in [-0.3, -0.25) is 0 Å². The van der Waals surface area contributed by atoms with Crippen LogP contribution >= 0.6 is 11.8 Å². The van der Waals surface area contributed by atoms with Crippen LogP contribution in [-0.4, -0.2) is 65.8 Å². The molecule has 2 fully saturated rings. The molecular weight excluding hydrogens is 329 g/mol. The van der Waals surface area contributed by atoms with E-state index in [9.17, 15) is 12.8 Å². The minimum absolute atomic E-state index is 0.0160. The SMILES string of the molecule is CN(C)S(=O)(=O)N1CC2(C[C@@H](Oc3ncccc3F)CS2)C1. The van der Waals surface area contributed by atoms with Gasteiger partial charge in [-0.15, -0.1) is 11.8 Å². The van der Waals surface area contributed by atoms with Crippen LogP contribution in [0.25, 0.3) is 0 Å². The fourth-order valence-corrected chi connectivity index (χ4v) is 5.67. The average Bonchev–Trinajstić information content (AvgIpc) is 2.84. The summed E-state index contributed by atoms with van der Waals surface area (Å²) in [5.74, 6) is 0.257. The molecule has 3 heterocycles. The summed E-state index contributed by atoms with van der Waals surface area (Å²) in [7, 11) is -0.295. The minimum atomic E-state index is -3.35. The van der Waals surface area contributed by atoms with E-state index in [1.165, 1.54) is 41.0 Å². The second kappa shape index (κ2) is 5.63. The largest absolute Gasteiger partial charge is 0.471 e. The molecule has 0 bridgehead atoms. The minimum Gasteiger partial charge on any atom is -0.471 e. The number of thioether (sulfide) groups is 1. The predicted molar refractivity (Wildman–Crippen MR) is 82.6 cm³/mol. The van der Waals surface area contributed by atoms with Crippen molar-refractivity contribution in [2.75, 3.05) is 32.9 Å². The van der Waals surface area contributed by atoms with Crippen molar-refractivity contribution in [2.24, 2.45) is 0 Å². The molecule has 0 amide bonds. The molecular formula is C13H18FN3O3S2. The molecule has 6 nitrogen and oxygen atoms in total. The number of halogens is 1. The van der Waals surface area contributed by atoms with Crippen LogP contribution in [0.3, 0.4) is 0 Å². The van der Waals surface area contributed by atoms with Gasteiger partial charge in [0.05, 0.1) is 0 Å². The van der Waals surface area contributed by atoms with Crippen LogP contribution in [0.15, 0.2) is 18.3 Å². The second-order valence-electron chi connectivity index (χ2n) is 5.79. The summed E-state index contributed by atoms with van der Waals surface area (Å²) >= 11 is 1.70. The highest BCUT2D eigenvalue weighted by Gasteiger charge is 2.53. The van der Waals surface area contributed by atoms with Crippen LogP contribution in [-0.2, 0) is 10.2 Å². The van der Waals surface area contributed by atoms with Gasteiger partial charge in [-0.25, -0.2) is 9.37 Å². The van der Waals surface area contributed by atoms with E-state index < -0.39 is 16.0 Å². The van der Waals surface area contributed by atoms with Crippen molar-refractivity contribution in [1.29, 1.82) is 0 Å². The Morgan fingerprint density at radius 1 is 1.50 bits per heavy atom. The summed E-state index contributed by atoms with van der Waals surface area (Å²) in [6.45, 7) is 0.950. The molecule has 0 aliphatic carbocycles. The number of nitrogens with zero attached hydrogens (tertiary/aromatic N) is 3. The molecule has 1 spiro atoms. The van der Waals surface area contributed by atoms with Crippen LogP contribution in [0.2, 0.25) is 0 Å². The Morgan fingerprint density at radius 2 is 2.23 bits per heavy atom. The van der Waals surface area contributed by atoms with Crippen molar-refractivity contribution < 1.29 is 17.5 Å². The number of aromatic nitrogens is 1. The standard InChI is InChI=1S/C13H18FN3O3S2/c1-16(2)22(18,19)17-8-13(9-17)6-10(7-21-13)20-12-11(14)4-3-5-15-12/h3-5,10H,6-9H2,1-2H3/t10-/m1/s1. The maximum absolute atomic E-state index is 13.6. The van der Waals surface area contributed by atoms with Crippen molar-refractivity contribution in [2.45, 2.75) is 17.3 Å². The Kier molecular flexibility index (Phi) is 4.09. The van der Waals surface area contributed by atoms with Crippen molar-refractivity contribution >= 4 is 22.0 Å². The van der Waals surface area contributed by atoms with E-state index in [1.54, 1.807) is 11.8 Å². The maximum atomic E-state index is 13.6. The third-order valence-corrected chi connectivity index (χ3v) is 7.30. The van der Waals surface area contributed by atoms with E-state index in [0.29, 0.717) is 25.3 Å². The molecule has 9 heteroatoms. The molecule has 2 saturated heterocycles. The topological polar surface area (TPSA) is 62.7 Å². The molecule has 122 valence electrons. The Morgan fingerprint density at radius 3 is 2.86 bits per heavy atom. The van der Waals surface area contributed by atoms with Gasteiger partial charge in [0.25, 0.3) is 16.1 Å². The van der Waals surface area contributed by atoms with Gasteiger partial charge >= 0.3 is 0 Å². The summed E-state index contributed by atoms with van der Waals surface area (Å²) in [5, 5.41) is 0.